The van der Waals surface area contributed by atoms with Crippen LogP contribution in [0.4, 0.5) is 9.18 Å². The Labute approximate surface area is 259 Å². The number of hydrogen-bond acceptors (Lipinski definition) is 5. The van der Waals surface area contributed by atoms with Gasteiger partial charge in [-0.3, -0.25) is 4.79 Å². The van der Waals surface area contributed by atoms with Crippen molar-refractivity contribution in [2.45, 2.75) is 71.1 Å². The first-order valence-corrected chi connectivity index (χ1v) is 15.5. The molecule has 0 aliphatic carbocycles. The van der Waals surface area contributed by atoms with Crippen LogP contribution in [0.15, 0.2) is 72.8 Å². The smallest absolute Gasteiger partial charge is 0.410 e. The maximum atomic E-state index is 14.3. The van der Waals surface area contributed by atoms with Gasteiger partial charge in [-0.1, -0.05) is 54.6 Å². The third kappa shape index (κ3) is 8.17. The highest BCUT2D eigenvalue weighted by Gasteiger charge is 2.41. The fraction of sp³-hybridized carbons (Fsp3) is 0.444. The molecule has 44 heavy (non-hydrogen) atoms. The SMILES string of the molecule is CC(C)(C)OC(=O)N1CCC(NC(=O)C2(Cc3ccc(-c4cc(F)ccc4OCc4ccccc4)cc3)CCOCC2)CC1. The Hall–Kier alpha value is -3.91. The molecule has 0 spiro atoms. The average molecular weight is 603 g/mol. The number of rotatable bonds is 8. The van der Waals surface area contributed by atoms with Gasteiger partial charge >= 0.3 is 6.09 Å². The van der Waals surface area contributed by atoms with Crippen LogP contribution in [-0.4, -0.2) is 54.8 Å². The maximum Gasteiger partial charge on any atom is 0.410 e. The van der Waals surface area contributed by atoms with Crippen molar-refractivity contribution in [3.05, 3.63) is 89.7 Å². The summed E-state index contributed by atoms with van der Waals surface area (Å²) in [5.41, 5.74) is 2.49. The molecule has 0 saturated carbocycles. The lowest BCUT2D eigenvalue weighted by molar-refractivity contribution is -0.137. The van der Waals surface area contributed by atoms with Gasteiger partial charge in [-0.25, -0.2) is 9.18 Å². The Bertz CT molecular complexity index is 1410. The lowest BCUT2D eigenvalue weighted by atomic mass is 9.74. The molecule has 2 fully saturated rings. The molecule has 0 aromatic heterocycles. The minimum atomic E-state index is -0.578. The Morgan fingerprint density at radius 1 is 0.955 bits per heavy atom. The average Bonchev–Trinajstić information content (AvgIpc) is 3.01. The second-order valence-electron chi connectivity index (χ2n) is 12.9. The molecular formula is C36H43FN2O5. The minimum Gasteiger partial charge on any atom is -0.488 e. The van der Waals surface area contributed by atoms with Gasteiger partial charge in [0.2, 0.25) is 5.91 Å². The number of nitrogens with one attached hydrogen (secondary N) is 1. The third-order valence-corrected chi connectivity index (χ3v) is 8.40. The number of ether oxygens (including phenoxy) is 3. The molecule has 2 heterocycles. The van der Waals surface area contributed by atoms with E-state index < -0.39 is 11.0 Å². The zero-order valence-corrected chi connectivity index (χ0v) is 25.9. The second kappa shape index (κ2) is 13.8. The van der Waals surface area contributed by atoms with Gasteiger partial charge in [0.1, 0.15) is 23.8 Å². The number of hydrogen-bond donors (Lipinski definition) is 1. The van der Waals surface area contributed by atoms with Crippen LogP contribution in [0.25, 0.3) is 11.1 Å². The number of carbonyl (C=O) groups excluding carboxylic acids is 2. The van der Waals surface area contributed by atoms with Crippen LogP contribution in [-0.2, 0) is 27.3 Å². The van der Waals surface area contributed by atoms with Crippen LogP contribution >= 0.6 is 0 Å². The summed E-state index contributed by atoms with van der Waals surface area (Å²) in [6.45, 7) is 8.14. The van der Waals surface area contributed by atoms with Gasteiger partial charge in [-0.2, -0.15) is 0 Å². The predicted octanol–water partition coefficient (Wildman–Crippen LogP) is 6.93. The highest BCUT2D eigenvalue weighted by atomic mass is 19.1. The van der Waals surface area contributed by atoms with Crippen molar-refractivity contribution < 1.29 is 28.2 Å². The molecule has 3 aromatic carbocycles. The summed E-state index contributed by atoms with van der Waals surface area (Å²) in [6.07, 6.45) is 2.93. The zero-order valence-electron chi connectivity index (χ0n) is 25.9. The van der Waals surface area contributed by atoms with Crippen LogP contribution in [0.5, 0.6) is 5.75 Å². The lowest BCUT2D eigenvalue weighted by Gasteiger charge is -2.39. The van der Waals surface area contributed by atoms with E-state index >= 15 is 0 Å². The van der Waals surface area contributed by atoms with E-state index in [0.29, 0.717) is 76.3 Å². The van der Waals surface area contributed by atoms with Crippen molar-refractivity contribution in [2.75, 3.05) is 26.3 Å². The Morgan fingerprint density at radius 3 is 2.30 bits per heavy atom. The van der Waals surface area contributed by atoms with E-state index in [2.05, 4.69) is 5.32 Å². The molecule has 234 valence electrons. The van der Waals surface area contributed by atoms with E-state index in [1.807, 2.05) is 75.4 Å². The van der Waals surface area contributed by atoms with Gasteiger partial charge in [-0.05, 0) is 87.8 Å². The largest absolute Gasteiger partial charge is 0.488 e. The summed E-state index contributed by atoms with van der Waals surface area (Å²) in [4.78, 5) is 28.0. The second-order valence-corrected chi connectivity index (χ2v) is 12.9. The normalized spacial score (nSPS) is 17.1. The van der Waals surface area contributed by atoms with Crippen molar-refractivity contribution in [1.29, 1.82) is 0 Å². The van der Waals surface area contributed by atoms with Crippen molar-refractivity contribution >= 4 is 12.0 Å². The molecule has 2 aliphatic heterocycles. The number of benzene rings is 3. The molecule has 2 amide bonds. The summed E-state index contributed by atoms with van der Waals surface area (Å²) < 4.78 is 31.5. The molecule has 5 rings (SSSR count). The monoisotopic (exact) mass is 602 g/mol. The molecular weight excluding hydrogens is 559 g/mol. The number of nitrogens with zero attached hydrogens (tertiary/aromatic N) is 1. The molecule has 7 nitrogen and oxygen atoms in total. The van der Waals surface area contributed by atoms with Gasteiger partial charge < -0.3 is 24.4 Å². The number of carbonyl (C=O) groups is 2. The first-order chi connectivity index (χ1) is 21.1. The summed E-state index contributed by atoms with van der Waals surface area (Å²) in [6, 6.07) is 22.4. The van der Waals surface area contributed by atoms with Crippen LogP contribution in [0, 0.1) is 11.2 Å². The Morgan fingerprint density at radius 2 is 1.64 bits per heavy atom. The molecule has 2 saturated heterocycles. The number of likely N-dealkylation sites (tertiary alicyclic amines) is 1. The summed E-state index contributed by atoms with van der Waals surface area (Å²) in [5, 5.41) is 3.30. The molecule has 8 heteroatoms. The molecule has 1 N–H and O–H groups in total. The highest BCUT2D eigenvalue weighted by molar-refractivity contribution is 5.83. The first-order valence-electron chi connectivity index (χ1n) is 15.5. The molecule has 0 atom stereocenters. The quantitative estimate of drug-likeness (QED) is 0.303. The van der Waals surface area contributed by atoms with Gasteiger partial charge in [0, 0.05) is 37.9 Å². The number of halogens is 1. The van der Waals surface area contributed by atoms with Gasteiger partial charge in [0.25, 0.3) is 0 Å². The Balaban J connectivity index is 1.24. The standard InChI is InChI=1S/C36H43FN2O5/c1-35(2,3)44-34(41)39-19-15-30(16-20-39)38-33(40)36(17-21-42-22-18-36)24-26-9-11-28(12-10-26)31-23-29(37)13-14-32(31)43-25-27-7-5-4-6-8-27/h4-14,23,30H,15-22,24-25H2,1-3H3,(H,38,40). The van der Waals surface area contributed by atoms with E-state index in [-0.39, 0.29) is 23.9 Å². The van der Waals surface area contributed by atoms with Crippen LogP contribution in [0.1, 0.15) is 57.6 Å². The fourth-order valence-corrected chi connectivity index (χ4v) is 5.90. The predicted molar refractivity (Wildman–Crippen MR) is 168 cm³/mol. The lowest BCUT2D eigenvalue weighted by Crippen LogP contribution is -2.53. The number of piperidine rings is 1. The summed E-state index contributed by atoms with van der Waals surface area (Å²) >= 11 is 0. The van der Waals surface area contributed by atoms with Crippen molar-refractivity contribution in [2.24, 2.45) is 5.41 Å². The maximum absolute atomic E-state index is 14.3. The number of amides is 2. The molecule has 0 unspecified atom stereocenters. The van der Waals surface area contributed by atoms with E-state index in [4.69, 9.17) is 14.2 Å². The molecule has 2 aliphatic rings. The van der Waals surface area contributed by atoms with Crippen LogP contribution < -0.4 is 10.1 Å². The Kier molecular flexibility index (Phi) is 9.89. The van der Waals surface area contributed by atoms with E-state index in [1.54, 1.807) is 11.0 Å². The first kappa shape index (κ1) is 31.5. The van der Waals surface area contributed by atoms with E-state index in [1.165, 1.54) is 12.1 Å². The van der Waals surface area contributed by atoms with E-state index in [9.17, 15) is 14.0 Å². The van der Waals surface area contributed by atoms with Gasteiger partial charge in [0.05, 0.1) is 5.41 Å². The summed E-state index contributed by atoms with van der Waals surface area (Å²) in [7, 11) is 0. The van der Waals surface area contributed by atoms with Crippen molar-refractivity contribution in [1.82, 2.24) is 10.2 Å². The van der Waals surface area contributed by atoms with E-state index in [0.717, 1.165) is 16.7 Å². The minimum absolute atomic E-state index is 0.00515. The molecule has 0 radical (unpaired) electrons. The topological polar surface area (TPSA) is 77.1 Å². The third-order valence-electron chi connectivity index (χ3n) is 8.40. The fourth-order valence-electron chi connectivity index (χ4n) is 5.90. The molecule has 0 bridgehead atoms. The van der Waals surface area contributed by atoms with Crippen LogP contribution in [0.2, 0.25) is 0 Å². The summed E-state index contributed by atoms with van der Waals surface area (Å²) in [5.74, 6) is 0.328. The highest BCUT2D eigenvalue weighted by Crippen LogP contribution is 2.37. The van der Waals surface area contributed by atoms with Crippen molar-refractivity contribution in [3.8, 4) is 16.9 Å². The van der Waals surface area contributed by atoms with Gasteiger partial charge in [-0.15, -0.1) is 0 Å². The van der Waals surface area contributed by atoms with Crippen LogP contribution in [0.3, 0.4) is 0 Å². The molecule has 3 aromatic rings. The van der Waals surface area contributed by atoms with Gasteiger partial charge in [0.15, 0.2) is 0 Å². The zero-order chi connectivity index (χ0) is 31.2. The van der Waals surface area contributed by atoms with Crippen molar-refractivity contribution in [3.63, 3.8) is 0 Å².